The quantitative estimate of drug-likeness (QED) is 0.481. The standard InChI is InChI=1S/C20H20N4O3S2/c1-11(25)21-12-6-8-13(9-7-12)22-16(26)10-28-20-23-18-17(19(27)24(20)2)14-4-3-5-15(14)29-18/h6-9H,3-5,10H2,1-2H3,(H,21,25)(H,22,26). The van der Waals surface area contributed by atoms with Gasteiger partial charge in [-0.25, -0.2) is 4.98 Å². The Hall–Kier alpha value is -2.65. The van der Waals surface area contributed by atoms with Gasteiger partial charge in [0.2, 0.25) is 11.8 Å². The summed E-state index contributed by atoms with van der Waals surface area (Å²) in [6.45, 7) is 1.44. The lowest BCUT2D eigenvalue weighted by Gasteiger charge is -2.09. The van der Waals surface area contributed by atoms with Crippen molar-refractivity contribution in [1.82, 2.24) is 9.55 Å². The minimum Gasteiger partial charge on any atom is -0.326 e. The predicted molar refractivity (Wildman–Crippen MR) is 117 cm³/mol. The Morgan fingerprint density at radius 3 is 2.55 bits per heavy atom. The number of aryl methyl sites for hydroxylation is 2. The zero-order valence-electron chi connectivity index (χ0n) is 16.1. The fourth-order valence-corrected chi connectivity index (χ4v) is 5.48. The number of carbonyl (C=O) groups excluding carboxylic acids is 2. The summed E-state index contributed by atoms with van der Waals surface area (Å²) in [5.74, 6) is -0.195. The molecule has 1 aliphatic rings. The second-order valence-corrected chi connectivity index (χ2v) is 8.92. The first kappa shape index (κ1) is 19.7. The van der Waals surface area contributed by atoms with E-state index in [9.17, 15) is 14.4 Å². The molecule has 0 atom stereocenters. The molecule has 0 unspecified atom stereocenters. The van der Waals surface area contributed by atoms with Crippen LogP contribution in [0.1, 0.15) is 23.8 Å². The highest BCUT2D eigenvalue weighted by atomic mass is 32.2. The number of amides is 2. The van der Waals surface area contributed by atoms with E-state index < -0.39 is 0 Å². The molecule has 7 nitrogen and oxygen atoms in total. The highest BCUT2D eigenvalue weighted by Gasteiger charge is 2.22. The molecule has 2 heterocycles. The molecule has 0 saturated carbocycles. The molecule has 9 heteroatoms. The van der Waals surface area contributed by atoms with Gasteiger partial charge in [-0.3, -0.25) is 19.0 Å². The van der Waals surface area contributed by atoms with Crippen molar-refractivity contribution in [2.75, 3.05) is 16.4 Å². The smallest absolute Gasteiger partial charge is 0.262 e. The summed E-state index contributed by atoms with van der Waals surface area (Å²) >= 11 is 2.84. The van der Waals surface area contributed by atoms with E-state index in [4.69, 9.17) is 0 Å². The molecule has 150 valence electrons. The molecule has 29 heavy (non-hydrogen) atoms. The molecule has 0 bridgehead atoms. The summed E-state index contributed by atoms with van der Waals surface area (Å²) in [6, 6.07) is 6.89. The van der Waals surface area contributed by atoms with Crippen molar-refractivity contribution in [2.45, 2.75) is 31.3 Å². The van der Waals surface area contributed by atoms with Crippen molar-refractivity contribution >= 4 is 56.5 Å². The third-order valence-corrected chi connectivity index (χ3v) is 6.94. The third-order valence-electron chi connectivity index (χ3n) is 4.73. The van der Waals surface area contributed by atoms with Crippen LogP contribution in [0.4, 0.5) is 11.4 Å². The molecule has 1 aromatic carbocycles. The monoisotopic (exact) mass is 428 g/mol. The number of thioether (sulfide) groups is 1. The molecule has 4 rings (SSSR count). The number of rotatable bonds is 5. The molecule has 0 aliphatic heterocycles. The van der Waals surface area contributed by atoms with E-state index in [2.05, 4.69) is 15.6 Å². The highest BCUT2D eigenvalue weighted by Crippen LogP contribution is 2.35. The molecule has 2 aromatic heterocycles. The molecule has 0 radical (unpaired) electrons. The van der Waals surface area contributed by atoms with Crippen molar-refractivity contribution in [3.8, 4) is 0 Å². The number of nitrogens with zero attached hydrogens (tertiary/aromatic N) is 2. The van der Waals surface area contributed by atoms with Gasteiger partial charge in [0.1, 0.15) is 4.83 Å². The highest BCUT2D eigenvalue weighted by molar-refractivity contribution is 7.99. The number of hydrogen-bond acceptors (Lipinski definition) is 6. The van der Waals surface area contributed by atoms with Crippen molar-refractivity contribution in [2.24, 2.45) is 7.05 Å². The first-order valence-electron chi connectivity index (χ1n) is 9.24. The lowest BCUT2D eigenvalue weighted by atomic mass is 10.2. The van der Waals surface area contributed by atoms with E-state index in [0.29, 0.717) is 16.5 Å². The second-order valence-electron chi connectivity index (χ2n) is 6.89. The molecule has 1 aliphatic carbocycles. The first-order valence-corrected chi connectivity index (χ1v) is 11.0. The van der Waals surface area contributed by atoms with Crippen LogP contribution in [0.2, 0.25) is 0 Å². The number of thiophene rings is 1. The average Bonchev–Trinajstić information content (AvgIpc) is 3.25. The van der Waals surface area contributed by atoms with Gasteiger partial charge in [0.05, 0.1) is 11.1 Å². The fourth-order valence-electron chi connectivity index (χ4n) is 3.40. The van der Waals surface area contributed by atoms with Crippen molar-refractivity contribution in [3.63, 3.8) is 0 Å². The summed E-state index contributed by atoms with van der Waals surface area (Å²) < 4.78 is 1.54. The van der Waals surface area contributed by atoms with E-state index in [1.165, 1.54) is 28.1 Å². The Morgan fingerprint density at radius 1 is 1.17 bits per heavy atom. The van der Waals surface area contributed by atoms with Gasteiger partial charge in [-0.1, -0.05) is 11.8 Å². The SMILES string of the molecule is CC(=O)Nc1ccc(NC(=O)CSc2nc3sc4c(c3c(=O)n2C)CCC4)cc1. The number of nitrogens with one attached hydrogen (secondary N) is 2. The molecular formula is C20H20N4O3S2. The zero-order valence-corrected chi connectivity index (χ0v) is 17.7. The van der Waals surface area contributed by atoms with Gasteiger partial charge in [0, 0.05) is 30.2 Å². The molecule has 0 fully saturated rings. The molecule has 0 spiro atoms. The predicted octanol–water partition coefficient (Wildman–Crippen LogP) is 3.17. The van der Waals surface area contributed by atoms with Crippen molar-refractivity contribution in [1.29, 1.82) is 0 Å². The van der Waals surface area contributed by atoms with Crippen LogP contribution in [0.15, 0.2) is 34.2 Å². The topological polar surface area (TPSA) is 93.1 Å². The van der Waals surface area contributed by atoms with Gasteiger partial charge in [-0.15, -0.1) is 11.3 Å². The van der Waals surface area contributed by atoms with Crippen LogP contribution in [-0.2, 0) is 29.5 Å². The van der Waals surface area contributed by atoms with Crippen LogP contribution in [0.25, 0.3) is 10.2 Å². The molecule has 3 aromatic rings. The third kappa shape index (κ3) is 4.06. The first-order chi connectivity index (χ1) is 13.9. The Kier molecular flexibility index (Phi) is 5.42. The second kappa shape index (κ2) is 8.00. The fraction of sp³-hybridized carbons (Fsp3) is 0.300. The van der Waals surface area contributed by atoms with Gasteiger partial charge in [-0.05, 0) is 49.1 Å². The number of hydrogen-bond donors (Lipinski definition) is 2. The van der Waals surface area contributed by atoms with E-state index >= 15 is 0 Å². The van der Waals surface area contributed by atoms with Crippen LogP contribution in [0.3, 0.4) is 0 Å². The van der Waals surface area contributed by atoms with Gasteiger partial charge in [0.15, 0.2) is 5.16 Å². The summed E-state index contributed by atoms with van der Waals surface area (Å²) in [6.07, 6.45) is 3.07. The lowest BCUT2D eigenvalue weighted by molar-refractivity contribution is -0.114. The van der Waals surface area contributed by atoms with Gasteiger partial charge in [0.25, 0.3) is 5.56 Å². The lowest BCUT2D eigenvalue weighted by Crippen LogP contribution is -2.21. The van der Waals surface area contributed by atoms with Gasteiger partial charge < -0.3 is 10.6 Å². The maximum absolute atomic E-state index is 12.8. The Morgan fingerprint density at radius 2 is 1.86 bits per heavy atom. The Bertz CT molecular complexity index is 1170. The van der Waals surface area contributed by atoms with Crippen molar-refractivity contribution < 1.29 is 9.59 Å². The Labute approximate surface area is 175 Å². The van der Waals surface area contributed by atoms with Crippen LogP contribution in [-0.4, -0.2) is 27.1 Å². The van der Waals surface area contributed by atoms with Crippen LogP contribution < -0.4 is 16.2 Å². The zero-order chi connectivity index (χ0) is 20.5. The maximum atomic E-state index is 12.8. The van der Waals surface area contributed by atoms with Gasteiger partial charge in [-0.2, -0.15) is 0 Å². The molecule has 2 N–H and O–H groups in total. The van der Waals surface area contributed by atoms with E-state index in [1.807, 2.05) is 0 Å². The van der Waals surface area contributed by atoms with Crippen LogP contribution in [0.5, 0.6) is 0 Å². The minimum absolute atomic E-state index is 0.0362. The maximum Gasteiger partial charge on any atom is 0.262 e. The normalized spacial score (nSPS) is 12.8. The van der Waals surface area contributed by atoms with Crippen LogP contribution in [0, 0.1) is 0 Å². The summed E-state index contributed by atoms with van der Waals surface area (Å²) in [7, 11) is 1.70. The summed E-state index contributed by atoms with van der Waals surface area (Å²) in [5, 5.41) is 6.78. The van der Waals surface area contributed by atoms with E-state index in [0.717, 1.165) is 35.0 Å². The molecule has 2 amide bonds. The van der Waals surface area contributed by atoms with E-state index in [-0.39, 0.29) is 23.1 Å². The summed E-state index contributed by atoms with van der Waals surface area (Å²) in [4.78, 5) is 42.8. The largest absolute Gasteiger partial charge is 0.326 e. The number of aromatic nitrogens is 2. The number of fused-ring (bicyclic) bond motifs is 3. The number of carbonyl (C=O) groups is 2. The van der Waals surface area contributed by atoms with Crippen molar-refractivity contribution in [3.05, 3.63) is 45.1 Å². The van der Waals surface area contributed by atoms with E-state index in [1.54, 1.807) is 42.6 Å². The molecule has 0 saturated heterocycles. The Balaban J connectivity index is 1.44. The minimum atomic E-state index is -0.190. The van der Waals surface area contributed by atoms with Crippen LogP contribution >= 0.6 is 23.1 Å². The summed E-state index contributed by atoms with van der Waals surface area (Å²) in [5.41, 5.74) is 2.43. The molecular weight excluding hydrogens is 408 g/mol. The average molecular weight is 429 g/mol. The van der Waals surface area contributed by atoms with Gasteiger partial charge >= 0.3 is 0 Å². The number of anilines is 2. The number of benzene rings is 1.